The lowest BCUT2D eigenvalue weighted by atomic mass is 9.98. The van der Waals surface area contributed by atoms with Gasteiger partial charge in [0.15, 0.2) is 0 Å². The lowest BCUT2D eigenvalue weighted by Gasteiger charge is -2.17. The van der Waals surface area contributed by atoms with Crippen LogP contribution >= 0.6 is 0 Å². The minimum absolute atomic E-state index is 0.104. The number of hydrogen-bond donors (Lipinski definition) is 2. The number of carbonyl (C=O) groups is 1. The molecule has 0 fully saturated rings. The van der Waals surface area contributed by atoms with Gasteiger partial charge in [0, 0.05) is 17.5 Å². The molecule has 0 spiro atoms. The molecule has 0 aliphatic heterocycles. The third kappa shape index (κ3) is 5.46. The van der Waals surface area contributed by atoms with E-state index in [1.54, 1.807) is 20.0 Å². The van der Waals surface area contributed by atoms with E-state index in [2.05, 4.69) is 10.3 Å². The zero-order valence-electron chi connectivity index (χ0n) is 14.8. The standard InChI is InChI=1S/C20H26N2O2/c1-14-8-9-18(13-21-14)15(2)22-19(23)17-7-5-6-16(12-17)10-11-20(3,4)24/h5-9,12-13,15,24H,10-11H2,1-4H3,(H,22,23)/t15-/m0/s1. The second-order valence-electron chi connectivity index (χ2n) is 6.94. The summed E-state index contributed by atoms with van der Waals surface area (Å²) in [5.41, 5.74) is 2.92. The largest absolute Gasteiger partial charge is 0.390 e. The summed E-state index contributed by atoms with van der Waals surface area (Å²) in [4.78, 5) is 16.7. The van der Waals surface area contributed by atoms with Crippen molar-refractivity contribution >= 4 is 5.91 Å². The van der Waals surface area contributed by atoms with E-state index >= 15 is 0 Å². The van der Waals surface area contributed by atoms with Gasteiger partial charge in [-0.05, 0) is 69.9 Å². The first-order valence-electron chi connectivity index (χ1n) is 8.29. The molecule has 1 amide bonds. The fourth-order valence-electron chi connectivity index (χ4n) is 2.42. The van der Waals surface area contributed by atoms with Crippen molar-refractivity contribution in [2.24, 2.45) is 0 Å². The van der Waals surface area contributed by atoms with Crippen molar-refractivity contribution in [3.8, 4) is 0 Å². The van der Waals surface area contributed by atoms with E-state index in [0.717, 1.165) is 23.2 Å². The number of amides is 1. The maximum Gasteiger partial charge on any atom is 0.251 e. The van der Waals surface area contributed by atoms with Crippen LogP contribution in [0.4, 0.5) is 0 Å². The minimum Gasteiger partial charge on any atom is -0.390 e. The third-order valence-electron chi connectivity index (χ3n) is 4.00. The molecule has 0 radical (unpaired) electrons. The van der Waals surface area contributed by atoms with Gasteiger partial charge >= 0.3 is 0 Å². The number of hydrogen-bond acceptors (Lipinski definition) is 3. The van der Waals surface area contributed by atoms with Crippen LogP contribution in [-0.2, 0) is 6.42 Å². The molecular formula is C20H26N2O2. The van der Waals surface area contributed by atoms with E-state index in [4.69, 9.17) is 0 Å². The first-order valence-corrected chi connectivity index (χ1v) is 8.29. The number of aromatic nitrogens is 1. The average molecular weight is 326 g/mol. The van der Waals surface area contributed by atoms with Crippen molar-refractivity contribution in [2.75, 3.05) is 0 Å². The molecule has 4 nitrogen and oxygen atoms in total. The van der Waals surface area contributed by atoms with E-state index in [0.29, 0.717) is 12.0 Å². The molecule has 2 aromatic rings. The maximum absolute atomic E-state index is 12.5. The van der Waals surface area contributed by atoms with E-state index in [-0.39, 0.29) is 11.9 Å². The Morgan fingerprint density at radius 1 is 1.29 bits per heavy atom. The topological polar surface area (TPSA) is 62.2 Å². The van der Waals surface area contributed by atoms with Crippen LogP contribution in [0, 0.1) is 6.92 Å². The van der Waals surface area contributed by atoms with Crippen molar-refractivity contribution in [3.63, 3.8) is 0 Å². The summed E-state index contributed by atoms with van der Waals surface area (Å²) in [6, 6.07) is 11.4. The average Bonchev–Trinajstić information content (AvgIpc) is 2.53. The predicted octanol–water partition coefficient (Wildman–Crippen LogP) is 3.58. The van der Waals surface area contributed by atoms with Gasteiger partial charge in [-0.3, -0.25) is 9.78 Å². The van der Waals surface area contributed by atoms with Crippen LogP contribution in [0.5, 0.6) is 0 Å². The lowest BCUT2D eigenvalue weighted by Crippen LogP contribution is -2.26. The van der Waals surface area contributed by atoms with E-state index < -0.39 is 5.60 Å². The summed E-state index contributed by atoms with van der Waals surface area (Å²) in [6.07, 6.45) is 3.19. The number of aryl methyl sites for hydroxylation is 2. The number of rotatable bonds is 6. The number of nitrogens with one attached hydrogen (secondary N) is 1. The van der Waals surface area contributed by atoms with Crippen LogP contribution in [0.3, 0.4) is 0 Å². The van der Waals surface area contributed by atoms with Crippen LogP contribution in [0.25, 0.3) is 0 Å². The Morgan fingerprint density at radius 2 is 2.04 bits per heavy atom. The first-order chi connectivity index (χ1) is 11.2. The Kier molecular flexibility index (Phi) is 5.73. The van der Waals surface area contributed by atoms with Crippen LogP contribution in [-0.4, -0.2) is 21.6 Å². The predicted molar refractivity (Wildman–Crippen MR) is 95.9 cm³/mol. The molecule has 0 aliphatic carbocycles. The fourth-order valence-corrected chi connectivity index (χ4v) is 2.42. The summed E-state index contributed by atoms with van der Waals surface area (Å²) in [5.74, 6) is -0.104. The molecule has 1 heterocycles. The molecule has 2 N–H and O–H groups in total. The molecule has 24 heavy (non-hydrogen) atoms. The molecule has 0 aliphatic rings. The quantitative estimate of drug-likeness (QED) is 0.853. The molecule has 0 unspecified atom stereocenters. The number of nitrogens with zero attached hydrogens (tertiary/aromatic N) is 1. The Labute approximate surface area is 143 Å². The SMILES string of the molecule is Cc1ccc([C@H](C)NC(=O)c2cccc(CCC(C)(C)O)c2)cn1. The lowest BCUT2D eigenvalue weighted by molar-refractivity contribution is 0.0714. The van der Waals surface area contributed by atoms with E-state index in [1.165, 1.54) is 0 Å². The molecular weight excluding hydrogens is 300 g/mol. The van der Waals surface area contributed by atoms with E-state index in [1.807, 2.05) is 50.2 Å². The maximum atomic E-state index is 12.5. The van der Waals surface area contributed by atoms with Crippen LogP contribution < -0.4 is 5.32 Å². The summed E-state index contributed by atoms with van der Waals surface area (Å²) in [5, 5.41) is 12.8. The van der Waals surface area contributed by atoms with Crippen molar-refractivity contribution in [1.29, 1.82) is 0 Å². The summed E-state index contributed by atoms with van der Waals surface area (Å²) < 4.78 is 0. The Hall–Kier alpha value is -2.20. The summed E-state index contributed by atoms with van der Waals surface area (Å²) in [7, 11) is 0. The van der Waals surface area contributed by atoms with Crippen LogP contribution in [0.2, 0.25) is 0 Å². The molecule has 1 aromatic carbocycles. The second kappa shape index (κ2) is 7.58. The monoisotopic (exact) mass is 326 g/mol. The zero-order chi connectivity index (χ0) is 17.7. The van der Waals surface area contributed by atoms with E-state index in [9.17, 15) is 9.90 Å². The van der Waals surface area contributed by atoms with Gasteiger partial charge in [0.25, 0.3) is 5.91 Å². The highest BCUT2D eigenvalue weighted by molar-refractivity contribution is 5.94. The van der Waals surface area contributed by atoms with Crippen molar-refractivity contribution in [1.82, 2.24) is 10.3 Å². The summed E-state index contributed by atoms with van der Waals surface area (Å²) in [6.45, 7) is 7.47. The van der Waals surface area contributed by atoms with Gasteiger partial charge in [0.2, 0.25) is 0 Å². The van der Waals surface area contributed by atoms with Gasteiger partial charge < -0.3 is 10.4 Å². The van der Waals surface area contributed by atoms with Crippen molar-refractivity contribution < 1.29 is 9.90 Å². The van der Waals surface area contributed by atoms with Gasteiger partial charge in [-0.2, -0.15) is 0 Å². The zero-order valence-corrected chi connectivity index (χ0v) is 14.8. The highest BCUT2D eigenvalue weighted by Gasteiger charge is 2.14. The normalized spacial score (nSPS) is 12.7. The molecule has 1 aromatic heterocycles. The molecule has 2 rings (SSSR count). The molecule has 1 atom stereocenters. The molecule has 4 heteroatoms. The number of pyridine rings is 1. The van der Waals surface area contributed by atoms with Gasteiger partial charge in [-0.25, -0.2) is 0 Å². The molecule has 0 bridgehead atoms. The van der Waals surface area contributed by atoms with Crippen molar-refractivity contribution in [2.45, 2.75) is 52.2 Å². The second-order valence-corrected chi connectivity index (χ2v) is 6.94. The fraction of sp³-hybridized carbons (Fsp3) is 0.400. The highest BCUT2D eigenvalue weighted by atomic mass is 16.3. The smallest absolute Gasteiger partial charge is 0.251 e. The van der Waals surface area contributed by atoms with Crippen LogP contribution in [0.1, 0.15) is 60.4 Å². The van der Waals surface area contributed by atoms with Gasteiger partial charge in [-0.1, -0.05) is 18.2 Å². The summed E-state index contributed by atoms with van der Waals surface area (Å²) >= 11 is 0. The third-order valence-corrected chi connectivity index (χ3v) is 4.00. The highest BCUT2D eigenvalue weighted by Crippen LogP contribution is 2.16. The number of benzene rings is 1. The Bertz CT molecular complexity index is 688. The van der Waals surface area contributed by atoms with Crippen LogP contribution in [0.15, 0.2) is 42.6 Å². The first kappa shape index (κ1) is 18.1. The van der Waals surface area contributed by atoms with Gasteiger partial charge in [-0.15, -0.1) is 0 Å². The van der Waals surface area contributed by atoms with Gasteiger partial charge in [0.1, 0.15) is 0 Å². The van der Waals surface area contributed by atoms with Crippen molar-refractivity contribution in [3.05, 3.63) is 65.0 Å². The molecule has 0 saturated carbocycles. The Balaban J connectivity index is 2.02. The molecule has 0 saturated heterocycles. The van der Waals surface area contributed by atoms with Gasteiger partial charge in [0.05, 0.1) is 11.6 Å². The Morgan fingerprint density at radius 3 is 2.67 bits per heavy atom. The minimum atomic E-state index is -0.703. The number of carbonyl (C=O) groups excluding carboxylic acids is 1. The molecule has 128 valence electrons. The number of aliphatic hydroxyl groups is 1.